The summed E-state index contributed by atoms with van der Waals surface area (Å²) in [6, 6.07) is 9.87. The van der Waals surface area contributed by atoms with Crippen molar-refractivity contribution in [1.82, 2.24) is 10.0 Å². The van der Waals surface area contributed by atoms with Gasteiger partial charge in [0.15, 0.2) is 23.2 Å². The fourth-order valence-corrected chi connectivity index (χ4v) is 3.36. The van der Waals surface area contributed by atoms with E-state index in [1.54, 1.807) is 6.07 Å². The van der Waals surface area contributed by atoms with E-state index in [0.717, 1.165) is 0 Å². The van der Waals surface area contributed by atoms with Crippen LogP contribution in [0.25, 0.3) is 22.6 Å². The van der Waals surface area contributed by atoms with Crippen LogP contribution in [0.1, 0.15) is 12.3 Å². The quantitative estimate of drug-likeness (QED) is 0.418. The van der Waals surface area contributed by atoms with Crippen LogP contribution < -0.4 is 9.88 Å². The third kappa shape index (κ3) is 5.08. The van der Waals surface area contributed by atoms with Gasteiger partial charge >= 0.3 is 0 Å². The predicted octanol–water partition coefficient (Wildman–Crippen LogP) is 2.58. The summed E-state index contributed by atoms with van der Waals surface area (Å²) in [5.74, 6) is -0.633. The van der Waals surface area contributed by atoms with Gasteiger partial charge in [0.2, 0.25) is 15.9 Å². The number of nitrogens with zero attached hydrogens (tertiary/aromatic N) is 2. The molecule has 0 spiro atoms. The summed E-state index contributed by atoms with van der Waals surface area (Å²) >= 11 is 0. The van der Waals surface area contributed by atoms with Crippen LogP contribution >= 0.6 is 0 Å². The van der Waals surface area contributed by atoms with Crippen LogP contribution in [-0.2, 0) is 21.2 Å². The number of ether oxygens (including phenoxy) is 1. The lowest BCUT2D eigenvalue weighted by atomic mass is 10.1. The first-order valence-corrected chi connectivity index (χ1v) is 10.6. The fourth-order valence-electron chi connectivity index (χ4n) is 2.85. The van der Waals surface area contributed by atoms with Gasteiger partial charge in [-0.2, -0.15) is 0 Å². The monoisotopic (exact) mass is 449 g/mol. The molecule has 0 aliphatic carbocycles. The SMILES string of the molecule is COc1ccc(-c2nc(CCC(=O)N(C)O)oc2-c2ccc(S(N)(=O)=O)cc2)cc1F. The number of carbonyl (C=O) groups excluding carboxylic acids is 1. The zero-order valence-corrected chi connectivity index (χ0v) is 17.5. The number of nitrogens with two attached hydrogens (primary N) is 1. The van der Waals surface area contributed by atoms with Gasteiger partial charge in [0.25, 0.3) is 0 Å². The maximum absolute atomic E-state index is 14.3. The second kappa shape index (κ2) is 8.84. The third-order valence-electron chi connectivity index (χ3n) is 4.46. The molecule has 0 saturated heterocycles. The summed E-state index contributed by atoms with van der Waals surface area (Å²) in [7, 11) is -1.32. The molecular formula is C20H20FN3O6S. The van der Waals surface area contributed by atoms with E-state index < -0.39 is 21.7 Å². The molecule has 11 heteroatoms. The summed E-state index contributed by atoms with van der Waals surface area (Å²) in [6.07, 6.45) is 0.0261. The number of hydrogen-bond acceptors (Lipinski definition) is 7. The molecule has 0 atom stereocenters. The molecule has 9 nitrogen and oxygen atoms in total. The van der Waals surface area contributed by atoms with Crippen molar-refractivity contribution in [1.29, 1.82) is 0 Å². The molecule has 0 radical (unpaired) electrons. The van der Waals surface area contributed by atoms with Gasteiger partial charge in [-0.05, 0) is 42.5 Å². The highest BCUT2D eigenvalue weighted by Crippen LogP contribution is 2.35. The number of primary sulfonamides is 1. The fraction of sp³-hybridized carbons (Fsp3) is 0.200. The van der Waals surface area contributed by atoms with E-state index in [1.807, 2.05) is 0 Å². The second-order valence-corrected chi connectivity index (χ2v) is 8.18. The highest BCUT2D eigenvalue weighted by Gasteiger charge is 2.20. The number of carbonyl (C=O) groups is 1. The number of aromatic nitrogens is 1. The highest BCUT2D eigenvalue weighted by atomic mass is 32.2. The van der Waals surface area contributed by atoms with Gasteiger partial charge < -0.3 is 9.15 Å². The minimum absolute atomic E-state index is 0.0584. The zero-order chi connectivity index (χ0) is 22.8. The van der Waals surface area contributed by atoms with E-state index in [-0.39, 0.29) is 35.1 Å². The molecule has 3 aromatic rings. The Morgan fingerprint density at radius 2 is 1.87 bits per heavy atom. The number of methoxy groups -OCH3 is 1. The molecule has 1 amide bonds. The predicted molar refractivity (Wildman–Crippen MR) is 108 cm³/mol. The molecule has 0 unspecified atom stereocenters. The lowest BCUT2D eigenvalue weighted by Crippen LogP contribution is -2.22. The van der Waals surface area contributed by atoms with Gasteiger partial charge in [0, 0.05) is 31.0 Å². The summed E-state index contributed by atoms with van der Waals surface area (Å²) < 4.78 is 48.0. The summed E-state index contributed by atoms with van der Waals surface area (Å²) in [4.78, 5) is 16.0. The average molecular weight is 449 g/mol. The van der Waals surface area contributed by atoms with Crippen LogP contribution in [0.5, 0.6) is 5.75 Å². The number of sulfonamides is 1. The lowest BCUT2D eigenvalue weighted by Gasteiger charge is -2.06. The normalized spacial score (nSPS) is 11.4. The van der Waals surface area contributed by atoms with E-state index in [1.165, 1.54) is 50.6 Å². The first-order chi connectivity index (χ1) is 14.6. The van der Waals surface area contributed by atoms with Crippen molar-refractivity contribution in [3.8, 4) is 28.3 Å². The molecule has 3 N–H and O–H groups in total. The number of aryl methyl sites for hydroxylation is 1. The molecule has 0 bridgehead atoms. The van der Waals surface area contributed by atoms with Gasteiger partial charge in [0.1, 0.15) is 5.69 Å². The van der Waals surface area contributed by atoms with Crippen LogP contribution in [-0.4, -0.2) is 43.7 Å². The van der Waals surface area contributed by atoms with Crippen molar-refractivity contribution in [2.45, 2.75) is 17.7 Å². The maximum atomic E-state index is 14.3. The van der Waals surface area contributed by atoms with E-state index >= 15 is 0 Å². The largest absolute Gasteiger partial charge is 0.494 e. The Bertz CT molecular complexity index is 1210. The number of halogens is 1. The summed E-state index contributed by atoms with van der Waals surface area (Å²) in [6.45, 7) is 0. The second-order valence-electron chi connectivity index (χ2n) is 6.62. The topological polar surface area (TPSA) is 136 Å². The smallest absolute Gasteiger partial charge is 0.246 e. The maximum Gasteiger partial charge on any atom is 0.246 e. The van der Waals surface area contributed by atoms with E-state index in [2.05, 4.69) is 4.98 Å². The highest BCUT2D eigenvalue weighted by molar-refractivity contribution is 7.89. The molecule has 0 saturated carbocycles. The first kappa shape index (κ1) is 22.4. The molecule has 1 heterocycles. The van der Waals surface area contributed by atoms with Gasteiger partial charge in [-0.15, -0.1) is 0 Å². The van der Waals surface area contributed by atoms with Gasteiger partial charge in [0.05, 0.1) is 12.0 Å². The van der Waals surface area contributed by atoms with Crippen molar-refractivity contribution < 1.29 is 32.0 Å². The van der Waals surface area contributed by atoms with Crippen molar-refractivity contribution in [3.63, 3.8) is 0 Å². The van der Waals surface area contributed by atoms with Crippen LogP contribution in [0.3, 0.4) is 0 Å². The van der Waals surface area contributed by atoms with Crippen molar-refractivity contribution in [2.24, 2.45) is 5.14 Å². The number of hydrogen-bond donors (Lipinski definition) is 2. The Labute approximate surface area is 177 Å². The molecule has 0 aliphatic heterocycles. The van der Waals surface area contributed by atoms with E-state index in [9.17, 15) is 22.8 Å². The summed E-state index contributed by atoms with van der Waals surface area (Å²) in [5.41, 5.74) is 1.16. The van der Waals surface area contributed by atoms with Crippen molar-refractivity contribution in [2.75, 3.05) is 14.2 Å². The van der Waals surface area contributed by atoms with Crippen LogP contribution in [0.4, 0.5) is 4.39 Å². The zero-order valence-electron chi connectivity index (χ0n) is 16.7. The number of hydroxylamine groups is 2. The number of rotatable bonds is 7. The first-order valence-electron chi connectivity index (χ1n) is 9.02. The molecule has 0 fully saturated rings. The average Bonchev–Trinajstić information content (AvgIpc) is 3.15. The minimum Gasteiger partial charge on any atom is -0.494 e. The Kier molecular flexibility index (Phi) is 6.39. The van der Waals surface area contributed by atoms with Crippen molar-refractivity contribution in [3.05, 3.63) is 54.2 Å². The molecular weight excluding hydrogens is 429 g/mol. The molecule has 0 aliphatic rings. The Morgan fingerprint density at radius 1 is 1.23 bits per heavy atom. The third-order valence-corrected chi connectivity index (χ3v) is 5.38. The van der Waals surface area contributed by atoms with Crippen molar-refractivity contribution >= 4 is 15.9 Å². The Balaban J connectivity index is 2.05. The van der Waals surface area contributed by atoms with Crippen LogP contribution in [0.2, 0.25) is 0 Å². The van der Waals surface area contributed by atoms with Gasteiger partial charge in [-0.1, -0.05) is 0 Å². The minimum atomic E-state index is -3.87. The Morgan fingerprint density at radius 3 is 2.42 bits per heavy atom. The molecule has 1 aromatic heterocycles. The van der Waals surface area contributed by atoms with E-state index in [4.69, 9.17) is 14.3 Å². The lowest BCUT2D eigenvalue weighted by molar-refractivity contribution is -0.159. The van der Waals surface area contributed by atoms with Gasteiger partial charge in [-0.25, -0.2) is 28.0 Å². The standard InChI is InChI=1S/C20H20FN3O6S/c1-24(26)18(25)10-9-17-23-19(13-5-8-16(29-2)15(21)11-13)20(30-17)12-3-6-14(7-4-12)31(22,27)28/h3-8,11,26H,9-10H2,1-2H3,(H2,22,27,28). The van der Waals surface area contributed by atoms with Crippen LogP contribution in [0.15, 0.2) is 51.8 Å². The molecule has 2 aromatic carbocycles. The van der Waals surface area contributed by atoms with Gasteiger partial charge in [-0.3, -0.25) is 10.0 Å². The summed E-state index contributed by atoms with van der Waals surface area (Å²) in [5, 5.41) is 14.8. The van der Waals surface area contributed by atoms with E-state index in [0.29, 0.717) is 21.9 Å². The molecule has 3 rings (SSSR count). The molecule has 164 valence electrons. The Hall–Kier alpha value is -3.28. The number of benzene rings is 2. The van der Waals surface area contributed by atoms with Crippen LogP contribution in [0, 0.1) is 5.82 Å². The number of amides is 1. The molecule has 31 heavy (non-hydrogen) atoms. The number of oxazole rings is 1.